The topological polar surface area (TPSA) is 110 Å². The summed E-state index contributed by atoms with van der Waals surface area (Å²) >= 11 is 0. The maximum absolute atomic E-state index is 11.5. The minimum atomic E-state index is -3.51. The lowest BCUT2D eigenvalue weighted by Gasteiger charge is -2.35. The molecule has 128 valence electrons. The van der Waals surface area contributed by atoms with Crippen molar-refractivity contribution in [1.29, 1.82) is 0 Å². The Kier molecular flexibility index (Phi) is 4.95. The molecule has 8 heteroatoms. The van der Waals surface area contributed by atoms with Crippen molar-refractivity contribution in [2.24, 2.45) is 5.92 Å². The molecule has 1 aliphatic rings. The molecule has 0 saturated heterocycles. The van der Waals surface area contributed by atoms with E-state index in [2.05, 4.69) is 12.2 Å². The molecule has 7 nitrogen and oxygen atoms in total. The van der Waals surface area contributed by atoms with E-state index in [1.54, 1.807) is 0 Å². The van der Waals surface area contributed by atoms with Gasteiger partial charge in [-0.2, -0.15) is 0 Å². The van der Waals surface area contributed by atoms with Gasteiger partial charge in [-0.1, -0.05) is 19.8 Å². The maximum atomic E-state index is 11.5. The molecule has 0 spiro atoms. The first-order chi connectivity index (χ1) is 10.6. The summed E-state index contributed by atoms with van der Waals surface area (Å²) in [7, 11) is -3.51. The largest absolute Gasteiger partial charge is 0.388 e. The van der Waals surface area contributed by atoms with Crippen molar-refractivity contribution in [3.05, 3.63) is 28.3 Å². The average molecular weight is 342 g/mol. The van der Waals surface area contributed by atoms with Gasteiger partial charge in [-0.3, -0.25) is 10.1 Å². The van der Waals surface area contributed by atoms with Crippen LogP contribution in [0.4, 0.5) is 11.4 Å². The van der Waals surface area contributed by atoms with Crippen LogP contribution in [-0.4, -0.2) is 36.8 Å². The molecule has 1 aromatic rings. The summed E-state index contributed by atoms with van der Waals surface area (Å²) in [5.41, 5.74) is -0.976. The molecule has 1 saturated carbocycles. The van der Waals surface area contributed by atoms with Gasteiger partial charge in [0, 0.05) is 18.9 Å². The second-order valence-corrected chi connectivity index (χ2v) is 8.50. The second-order valence-electron chi connectivity index (χ2n) is 6.49. The lowest BCUT2D eigenvalue weighted by atomic mass is 9.79. The Bertz CT molecular complexity index is 704. The zero-order valence-electron chi connectivity index (χ0n) is 13.3. The predicted octanol–water partition coefficient (Wildman–Crippen LogP) is 2.35. The number of nitro groups is 1. The summed E-state index contributed by atoms with van der Waals surface area (Å²) in [4.78, 5) is 10.5. The molecule has 1 fully saturated rings. The van der Waals surface area contributed by atoms with Gasteiger partial charge >= 0.3 is 0 Å². The molecule has 0 amide bonds. The van der Waals surface area contributed by atoms with Crippen LogP contribution in [0.25, 0.3) is 0 Å². The second kappa shape index (κ2) is 6.45. The predicted molar refractivity (Wildman–Crippen MR) is 87.3 cm³/mol. The number of aliphatic hydroxyl groups is 1. The van der Waals surface area contributed by atoms with E-state index in [-0.39, 0.29) is 22.8 Å². The van der Waals surface area contributed by atoms with Crippen LogP contribution in [0, 0.1) is 16.0 Å². The zero-order chi connectivity index (χ0) is 17.3. The Labute approximate surface area is 135 Å². The van der Waals surface area contributed by atoms with E-state index >= 15 is 0 Å². The normalized spacial score (nSPS) is 25.1. The molecule has 2 rings (SSSR count). The van der Waals surface area contributed by atoms with Gasteiger partial charge in [-0.15, -0.1) is 0 Å². The first kappa shape index (κ1) is 17.7. The van der Waals surface area contributed by atoms with Crippen molar-refractivity contribution in [3.8, 4) is 0 Å². The van der Waals surface area contributed by atoms with E-state index in [0.29, 0.717) is 18.8 Å². The van der Waals surface area contributed by atoms with Gasteiger partial charge in [0.2, 0.25) is 0 Å². The first-order valence-corrected chi connectivity index (χ1v) is 9.45. The summed E-state index contributed by atoms with van der Waals surface area (Å²) in [6.45, 7) is 2.28. The summed E-state index contributed by atoms with van der Waals surface area (Å²) < 4.78 is 23.1. The molecular weight excluding hydrogens is 320 g/mol. The third-order valence-corrected chi connectivity index (χ3v) is 5.38. The van der Waals surface area contributed by atoms with Crippen molar-refractivity contribution in [3.63, 3.8) is 0 Å². The number of hydrogen-bond donors (Lipinski definition) is 2. The Balaban J connectivity index is 2.21. The van der Waals surface area contributed by atoms with Crippen LogP contribution in [0.2, 0.25) is 0 Å². The van der Waals surface area contributed by atoms with Gasteiger partial charge in [-0.05, 0) is 30.9 Å². The van der Waals surface area contributed by atoms with Crippen LogP contribution in [0.15, 0.2) is 23.1 Å². The maximum Gasteiger partial charge on any atom is 0.293 e. The fourth-order valence-corrected chi connectivity index (χ4v) is 3.74. The highest BCUT2D eigenvalue weighted by Gasteiger charge is 2.33. The van der Waals surface area contributed by atoms with Crippen molar-refractivity contribution in [2.75, 3.05) is 18.1 Å². The van der Waals surface area contributed by atoms with Crippen LogP contribution in [0.1, 0.15) is 32.6 Å². The SMILES string of the molecule is C[C@@H]1CCC[C@@](O)(CNc2ccc(S(C)(=O)=O)cc2[N+](=O)[O-])C1. The number of anilines is 1. The van der Waals surface area contributed by atoms with E-state index in [9.17, 15) is 23.6 Å². The Morgan fingerprint density at radius 2 is 2.17 bits per heavy atom. The van der Waals surface area contributed by atoms with Crippen molar-refractivity contribution >= 4 is 21.2 Å². The van der Waals surface area contributed by atoms with Crippen molar-refractivity contribution in [2.45, 2.75) is 43.1 Å². The molecule has 1 aromatic carbocycles. The van der Waals surface area contributed by atoms with Crippen LogP contribution in [0.3, 0.4) is 0 Å². The quantitative estimate of drug-likeness (QED) is 0.628. The number of nitrogens with one attached hydrogen (secondary N) is 1. The van der Waals surface area contributed by atoms with Gasteiger partial charge in [0.15, 0.2) is 9.84 Å². The summed E-state index contributed by atoms with van der Waals surface area (Å²) in [5.74, 6) is 0.415. The van der Waals surface area contributed by atoms with Gasteiger partial charge < -0.3 is 10.4 Å². The first-order valence-electron chi connectivity index (χ1n) is 7.55. The molecule has 0 aromatic heterocycles. The highest BCUT2D eigenvalue weighted by atomic mass is 32.2. The molecule has 2 atom stereocenters. The summed E-state index contributed by atoms with van der Waals surface area (Å²) in [6.07, 6.45) is 4.31. The van der Waals surface area contributed by atoms with Gasteiger partial charge in [0.1, 0.15) is 5.69 Å². The lowest BCUT2D eigenvalue weighted by molar-refractivity contribution is -0.384. The number of hydrogen-bond acceptors (Lipinski definition) is 6. The van der Waals surface area contributed by atoms with Crippen LogP contribution < -0.4 is 5.32 Å². The standard InChI is InChI=1S/C15H22N2O5S/c1-11-4-3-7-15(18,9-11)10-16-13-6-5-12(23(2,21)22)8-14(13)17(19)20/h5-6,8,11,16,18H,3-4,7,9-10H2,1-2H3/t11-,15+/m1/s1. The third-order valence-electron chi connectivity index (χ3n) is 4.27. The molecule has 0 radical (unpaired) electrons. The highest BCUT2D eigenvalue weighted by molar-refractivity contribution is 7.90. The summed E-state index contributed by atoms with van der Waals surface area (Å²) in [6, 6.07) is 3.76. The molecule has 0 unspecified atom stereocenters. The highest BCUT2D eigenvalue weighted by Crippen LogP contribution is 2.34. The Hall–Kier alpha value is -1.67. The van der Waals surface area contributed by atoms with E-state index < -0.39 is 20.4 Å². The third kappa shape index (κ3) is 4.42. The fraction of sp³-hybridized carbons (Fsp3) is 0.600. The van der Waals surface area contributed by atoms with E-state index in [4.69, 9.17) is 0 Å². The number of nitrogens with zero attached hydrogens (tertiary/aromatic N) is 1. The zero-order valence-corrected chi connectivity index (χ0v) is 14.1. The minimum Gasteiger partial charge on any atom is -0.388 e. The van der Waals surface area contributed by atoms with Crippen LogP contribution in [0.5, 0.6) is 0 Å². The van der Waals surface area contributed by atoms with Crippen LogP contribution >= 0.6 is 0 Å². The molecule has 1 aliphatic carbocycles. The number of rotatable bonds is 5. The Morgan fingerprint density at radius 1 is 1.48 bits per heavy atom. The molecular formula is C15H22N2O5S. The molecule has 0 bridgehead atoms. The van der Waals surface area contributed by atoms with E-state index in [0.717, 1.165) is 25.2 Å². The van der Waals surface area contributed by atoms with Gasteiger partial charge in [-0.25, -0.2) is 8.42 Å². The molecule has 2 N–H and O–H groups in total. The summed E-state index contributed by atoms with van der Waals surface area (Å²) in [5, 5.41) is 24.7. The lowest BCUT2D eigenvalue weighted by Crippen LogP contribution is -2.41. The Morgan fingerprint density at radius 3 is 2.74 bits per heavy atom. The van der Waals surface area contributed by atoms with Gasteiger partial charge in [0.05, 0.1) is 15.4 Å². The average Bonchev–Trinajstić information content (AvgIpc) is 2.43. The smallest absolute Gasteiger partial charge is 0.293 e. The van der Waals surface area contributed by atoms with Crippen molar-refractivity contribution in [1.82, 2.24) is 0 Å². The molecule has 0 aliphatic heterocycles. The number of sulfone groups is 1. The molecule has 23 heavy (non-hydrogen) atoms. The van der Waals surface area contributed by atoms with Gasteiger partial charge in [0.25, 0.3) is 5.69 Å². The van der Waals surface area contributed by atoms with E-state index in [1.165, 1.54) is 12.1 Å². The fourth-order valence-electron chi connectivity index (χ4n) is 3.10. The van der Waals surface area contributed by atoms with E-state index in [1.807, 2.05) is 0 Å². The van der Waals surface area contributed by atoms with Crippen LogP contribution in [-0.2, 0) is 9.84 Å². The number of benzene rings is 1. The minimum absolute atomic E-state index is 0.0975. The molecule has 0 heterocycles. The monoisotopic (exact) mass is 342 g/mol. The number of nitro benzene ring substituents is 1. The van der Waals surface area contributed by atoms with Crippen molar-refractivity contribution < 1.29 is 18.4 Å².